The number of fused-ring (bicyclic) bond motifs is 1. The molecule has 10 heteroatoms. The number of carbonyl (C=O) groups is 2. The summed E-state index contributed by atoms with van der Waals surface area (Å²) in [5.41, 5.74) is 3.12. The Bertz CT molecular complexity index is 1380. The number of aromatic nitrogens is 1. The highest BCUT2D eigenvalue weighted by Crippen LogP contribution is 2.33. The third-order valence-electron chi connectivity index (χ3n) is 5.63. The fourth-order valence-electron chi connectivity index (χ4n) is 3.75. The van der Waals surface area contributed by atoms with Crippen LogP contribution in [-0.2, 0) is 21.3 Å². The van der Waals surface area contributed by atoms with Crippen molar-refractivity contribution >= 4 is 21.8 Å². The van der Waals surface area contributed by atoms with Gasteiger partial charge in [0, 0.05) is 23.5 Å². The van der Waals surface area contributed by atoms with Gasteiger partial charge in [0.2, 0.25) is 22.6 Å². The first-order valence-corrected chi connectivity index (χ1v) is 12.0. The average Bonchev–Trinajstić information content (AvgIpc) is 3.41. The van der Waals surface area contributed by atoms with Crippen LogP contribution in [0.5, 0.6) is 11.5 Å². The average molecular weight is 485 g/mol. The summed E-state index contributed by atoms with van der Waals surface area (Å²) in [6, 6.07) is 12.9. The number of sulfonamides is 1. The van der Waals surface area contributed by atoms with E-state index >= 15 is 0 Å². The van der Waals surface area contributed by atoms with E-state index in [4.69, 9.17) is 14.2 Å². The molecule has 178 valence electrons. The van der Waals surface area contributed by atoms with Gasteiger partial charge in [0.1, 0.15) is 0 Å². The lowest BCUT2D eigenvalue weighted by atomic mass is 10.1. The van der Waals surface area contributed by atoms with Gasteiger partial charge in [-0.15, -0.1) is 0 Å². The maximum absolute atomic E-state index is 12.8. The maximum atomic E-state index is 12.8. The molecule has 2 aromatic carbocycles. The Balaban J connectivity index is 1.45. The number of nitrogens with zero attached hydrogens (tertiary/aromatic N) is 1. The lowest BCUT2D eigenvalue weighted by Gasteiger charge is -2.11. The van der Waals surface area contributed by atoms with Crippen LogP contribution in [0.4, 0.5) is 0 Å². The Morgan fingerprint density at radius 1 is 1.06 bits per heavy atom. The van der Waals surface area contributed by atoms with Crippen LogP contribution in [0.3, 0.4) is 0 Å². The second kappa shape index (κ2) is 9.32. The summed E-state index contributed by atoms with van der Waals surface area (Å²) in [5, 5.41) is 0. The van der Waals surface area contributed by atoms with Gasteiger partial charge < -0.3 is 18.8 Å². The molecule has 0 amide bonds. The van der Waals surface area contributed by atoms with Crippen molar-refractivity contribution in [3.63, 3.8) is 0 Å². The minimum Gasteiger partial charge on any atom is -0.454 e. The van der Waals surface area contributed by atoms with Gasteiger partial charge in [0.25, 0.3) is 0 Å². The molecule has 4 rings (SSSR count). The number of aryl methyl sites for hydroxylation is 1. The van der Waals surface area contributed by atoms with Gasteiger partial charge in [-0.2, -0.15) is 0 Å². The Kier molecular flexibility index (Phi) is 6.45. The van der Waals surface area contributed by atoms with Crippen molar-refractivity contribution in [1.29, 1.82) is 0 Å². The molecule has 0 unspecified atom stereocenters. The molecule has 34 heavy (non-hydrogen) atoms. The van der Waals surface area contributed by atoms with Gasteiger partial charge >= 0.3 is 5.97 Å². The molecule has 3 aromatic rings. The summed E-state index contributed by atoms with van der Waals surface area (Å²) in [4.78, 5) is 25.2. The molecule has 0 saturated heterocycles. The maximum Gasteiger partial charge on any atom is 0.338 e. The second-order valence-corrected chi connectivity index (χ2v) is 9.68. The first-order chi connectivity index (χ1) is 16.2. The molecule has 1 N–H and O–H groups in total. The van der Waals surface area contributed by atoms with E-state index in [2.05, 4.69) is 4.72 Å². The molecule has 1 aromatic heterocycles. The summed E-state index contributed by atoms with van der Waals surface area (Å²) < 4.78 is 44.0. The van der Waals surface area contributed by atoms with Crippen molar-refractivity contribution < 1.29 is 32.2 Å². The zero-order chi connectivity index (χ0) is 24.5. The van der Waals surface area contributed by atoms with Crippen LogP contribution in [0, 0.1) is 13.8 Å². The van der Waals surface area contributed by atoms with Crippen LogP contribution in [0.15, 0.2) is 53.4 Å². The number of Topliss-reactive ketones (excluding diaryl/α,β-unsaturated/α-hetero) is 1. The van der Waals surface area contributed by atoms with E-state index in [9.17, 15) is 18.0 Å². The number of hydrogen-bond donors (Lipinski definition) is 1. The lowest BCUT2D eigenvalue weighted by molar-refractivity contribution is 0.0474. The van der Waals surface area contributed by atoms with Crippen molar-refractivity contribution in [2.45, 2.75) is 25.3 Å². The Morgan fingerprint density at radius 2 is 1.82 bits per heavy atom. The lowest BCUT2D eigenvalue weighted by Crippen LogP contribution is -2.19. The fraction of sp³-hybridized carbons (Fsp3) is 0.250. The zero-order valence-corrected chi connectivity index (χ0v) is 19.8. The number of ether oxygens (including phenoxy) is 3. The van der Waals surface area contributed by atoms with E-state index < -0.39 is 22.6 Å². The van der Waals surface area contributed by atoms with Crippen molar-refractivity contribution in [3.8, 4) is 11.5 Å². The van der Waals surface area contributed by atoms with Gasteiger partial charge in [0.05, 0.1) is 10.5 Å². The third kappa shape index (κ3) is 4.68. The zero-order valence-electron chi connectivity index (χ0n) is 19.0. The molecule has 0 spiro atoms. The molecule has 1 aliphatic rings. The van der Waals surface area contributed by atoms with Crippen molar-refractivity contribution in [1.82, 2.24) is 9.29 Å². The normalized spacial score (nSPS) is 12.6. The Labute approximate surface area is 197 Å². The molecule has 0 atom stereocenters. The first-order valence-electron chi connectivity index (χ1n) is 10.5. The van der Waals surface area contributed by atoms with E-state index in [1.165, 1.54) is 31.3 Å². The van der Waals surface area contributed by atoms with Crippen LogP contribution >= 0.6 is 0 Å². The summed E-state index contributed by atoms with van der Waals surface area (Å²) in [5.74, 6) is 0.263. The Hall–Kier alpha value is -3.63. The summed E-state index contributed by atoms with van der Waals surface area (Å²) in [7, 11) is -2.43. The Morgan fingerprint density at radius 3 is 2.59 bits per heavy atom. The highest BCUT2D eigenvalue weighted by atomic mass is 32.2. The smallest absolute Gasteiger partial charge is 0.338 e. The van der Waals surface area contributed by atoms with E-state index in [1.807, 2.05) is 36.6 Å². The van der Waals surface area contributed by atoms with Gasteiger partial charge in [0.15, 0.2) is 18.1 Å². The largest absolute Gasteiger partial charge is 0.454 e. The molecule has 2 heterocycles. The summed E-state index contributed by atoms with van der Waals surface area (Å²) >= 11 is 0. The molecular formula is C24H24N2O7S. The molecule has 1 aliphatic heterocycles. The number of hydrogen-bond acceptors (Lipinski definition) is 7. The van der Waals surface area contributed by atoms with Gasteiger partial charge in [-0.1, -0.05) is 12.1 Å². The highest BCUT2D eigenvalue weighted by Gasteiger charge is 2.20. The summed E-state index contributed by atoms with van der Waals surface area (Å²) in [6.45, 7) is 4.01. The number of carbonyl (C=O) groups excluding carboxylic acids is 2. The molecule has 0 radical (unpaired) electrons. The van der Waals surface area contributed by atoms with Crippen LogP contribution in [0.1, 0.15) is 37.7 Å². The minimum atomic E-state index is -3.71. The summed E-state index contributed by atoms with van der Waals surface area (Å²) in [6.07, 6.45) is 0. The number of nitrogens with one attached hydrogen (secondary N) is 1. The van der Waals surface area contributed by atoms with Gasteiger partial charge in [-0.3, -0.25) is 4.79 Å². The van der Waals surface area contributed by atoms with Gasteiger partial charge in [-0.05, 0) is 62.9 Å². The first kappa shape index (κ1) is 23.5. The predicted octanol–water partition coefficient (Wildman–Crippen LogP) is 2.83. The van der Waals surface area contributed by atoms with Crippen LogP contribution < -0.4 is 14.2 Å². The third-order valence-corrected chi connectivity index (χ3v) is 7.05. The molecular weight excluding hydrogens is 460 g/mol. The van der Waals surface area contributed by atoms with Gasteiger partial charge in [-0.25, -0.2) is 17.9 Å². The number of ketones is 1. The SMILES string of the molecule is CNS(=O)(=O)c1cccc(C(=O)OCC(=O)c2cc(C)n(Cc3ccc4c(c3)OCO4)c2C)c1. The number of benzene rings is 2. The number of esters is 1. The van der Waals surface area contributed by atoms with Crippen LogP contribution in [0.2, 0.25) is 0 Å². The molecule has 0 bridgehead atoms. The molecule has 0 saturated carbocycles. The predicted molar refractivity (Wildman–Crippen MR) is 123 cm³/mol. The van der Waals surface area contributed by atoms with E-state index in [-0.39, 0.29) is 23.0 Å². The fourth-order valence-corrected chi connectivity index (χ4v) is 4.52. The standard InChI is InChI=1S/C24H24N2O7S/c1-15-9-20(16(2)26(15)12-17-7-8-22-23(10-17)33-14-32-22)21(27)13-31-24(28)18-5-4-6-19(11-18)34(29,30)25-3/h4-11,25H,12-14H2,1-3H3. The topological polar surface area (TPSA) is 113 Å². The van der Waals surface area contributed by atoms with Crippen LogP contribution in [0.25, 0.3) is 0 Å². The minimum absolute atomic E-state index is 0.0393. The van der Waals surface area contributed by atoms with E-state index in [0.29, 0.717) is 23.6 Å². The molecule has 0 fully saturated rings. The quantitative estimate of drug-likeness (QED) is 0.386. The van der Waals surface area contributed by atoms with Crippen molar-refractivity contribution in [2.75, 3.05) is 20.4 Å². The van der Waals surface area contributed by atoms with E-state index in [1.54, 1.807) is 6.07 Å². The van der Waals surface area contributed by atoms with Crippen LogP contribution in [-0.4, -0.2) is 45.2 Å². The van der Waals surface area contributed by atoms with Crippen molar-refractivity contribution in [2.24, 2.45) is 0 Å². The van der Waals surface area contributed by atoms with E-state index in [0.717, 1.165) is 17.0 Å². The number of rotatable bonds is 8. The second-order valence-electron chi connectivity index (χ2n) is 7.79. The molecule has 9 nitrogen and oxygen atoms in total. The monoisotopic (exact) mass is 484 g/mol. The van der Waals surface area contributed by atoms with Crippen molar-refractivity contribution in [3.05, 3.63) is 76.6 Å². The highest BCUT2D eigenvalue weighted by molar-refractivity contribution is 7.89. The molecule has 0 aliphatic carbocycles.